The maximum Gasteiger partial charge on any atom is 0.239 e. The van der Waals surface area contributed by atoms with E-state index in [1.807, 2.05) is 11.0 Å². The molecule has 0 unspecified atom stereocenters. The number of nitrogens with zero attached hydrogens (tertiary/aromatic N) is 2. The summed E-state index contributed by atoms with van der Waals surface area (Å²) >= 11 is 0. The van der Waals surface area contributed by atoms with Crippen molar-refractivity contribution in [3.63, 3.8) is 0 Å². The van der Waals surface area contributed by atoms with Gasteiger partial charge in [0.2, 0.25) is 5.91 Å². The third-order valence-corrected chi connectivity index (χ3v) is 3.87. The van der Waals surface area contributed by atoms with Gasteiger partial charge in [-0.15, -0.1) is 0 Å². The van der Waals surface area contributed by atoms with Crippen LogP contribution in [0, 0.1) is 0 Å². The molecule has 0 aliphatic carbocycles. The topological polar surface area (TPSA) is 49.6 Å². The molecule has 0 radical (unpaired) electrons. The molecule has 2 atom stereocenters. The Hall–Kier alpha value is -1.39. The molecule has 2 N–H and O–H groups in total. The van der Waals surface area contributed by atoms with Crippen molar-refractivity contribution in [3.8, 4) is 0 Å². The minimum atomic E-state index is -0.393. The van der Waals surface area contributed by atoms with Gasteiger partial charge in [0.05, 0.1) is 6.04 Å². The molecule has 4 heteroatoms. The molecule has 1 aliphatic heterocycles. The third kappa shape index (κ3) is 3.81. The van der Waals surface area contributed by atoms with Crippen LogP contribution in [0.2, 0.25) is 0 Å². The number of hydrogen-bond donors (Lipinski definition) is 1. The zero-order valence-corrected chi connectivity index (χ0v) is 12.5. The van der Waals surface area contributed by atoms with Crippen LogP contribution in [0.3, 0.4) is 0 Å². The molecule has 20 heavy (non-hydrogen) atoms. The van der Waals surface area contributed by atoms with Crippen LogP contribution >= 0.6 is 0 Å². The number of carbonyl (C=O) groups is 1. The molecule has 0 spiro atoms. The quantitative estimate of drug-likeness (QED) is 0.885. The first kappa shape index (κ1) is 15.0. The first-order chi connectivity index (χ1) is 9.58. The van der Waals surface area contributed by atoms with Crippen LogP contribution in [0.1, 0.15) is 25.3 Å². The predicted molar refractivity (Wildman–Crippen MR) is 81.2 cm³/mol. The fourth-order valence-electron chi connectivity index (χ4n) is 2.90. The average Bonchev–Trinajstić information content (AvgIpc) is 2.86. The summed E-state index contributed by atoms with van der Waals surface area (Å²) in [5.74, 6) is 0.0839. The highest BCUT2D eigenvalue weighted by Gasteiger charge is 2.30. The van der Waals surface area contributed by atoms with Crippen molar-refractivity contribution >= 4 is 5.91 Å². The molecule has 4 nitrogen and oxygen atoms in total. The van der Waals surface area contributed by atoms with Gasteiger partial charge in [0.25, 0.3) is 0 Å². The Labute approximate surface area is 121 Å². The fourth-order valence-corrected chi connectivity index (χ4v) is 2.90. The Bertz CT molecular complexity index is 433. The molecule has 1 fully saturated rings. The number of carbonyl (C=O) groups excluding carboxylic acids is 1. The van der Waals surface area contributed by atoms with E-state index in [4.69, 9.17) is 5.73 Å². The molecule has 0 saturated carbocycles. The molecule has 110 valence electrons. The number of nitrogens with two attached hydrogens (primary N) is 1. The number of hydrogen-bond acceptors (Lipinski definition) is 3. The SMILES string of the molecule is C[C@H](N)C(=O)N1CCC[C@@H]1CN(C)Cc1ccccc1. The van der Waals surface area contributed by atoms with Crippen LogP contribution in [-0.2, 0) is 11.3 Å². The smallest absolute Gasteiger partial charge is 0.239 e. The molecule has 2 rings (SSSR count). The molecule has 0 aromatic heterocycles. The molecule has 1 aliphatic rings. The van der Waals surface area contributed by atoms with Crippen molar-refractivity contribution in [2.45, 2.75) is 38.4 Å². The van der Waals surface area contributed by atoms with Gasteiger partial charge in [0.1, 0.15) is 0 Å². The zero-order valence-electron chi connectivity index (χ0n) is 12.5. The third-order valence-electron chi connectivity index (χ3n) is 3.87. The van der Waals surface area contributed by atoms with E-state index in [1.165, 1.54) is 5.56 Å². The van der Waals surface area contributed by atoms with Crippen molar-refractivity contribution in [2.24, 2.45) is 5.73 Å². The summed E-state index contributed by atoms with van der Waals surface area (Å²) < 4.78 is 0. The van der Waals surface area contributed by atoms with Gasteiger partial charge in [0, 0.05) is 25.7 Å². The minimum absolute atomic E-state index is 0.0839. The summed E-state index contributed by atoms with van der Waals surface area (Å²) in [6.07, 6.45) is 2.17. The van der Waals surface area contributed by atoms with E-state index in [0.717, 1.165) is 32.5 Å². The second-order valence-electron chi connectivity index (χ2n) is 5.80. The summed E-state index contributed by atoms with van der Waals surface area (Å²) in [7, 11) is 2.11. The first-order valence-corrected chi connectivity index (χ1v) is 7.36. The van der Waals surface area contributed by atoms with Gasteiger partial charge in [-0.05, 0) is 32.4 Å². The summed E-state index contributed by atoms with van der Waals surface area (Å²) in [4.78, 5) is 16.3. The Morgan fingerprint density at radius 2 is 2.15 bits per heavy atom. The molecule has 1 aromatic rings. The molecule has 1 aromatic carbocycles. The van der Waals surface area contributed by atoms with Crippen LogP contribution in [0.4, 0.5) is 0 Å². The van der Waals surface area contributed by atoms with E-state index in [1.54, 1.807) is 6.92 Å². The summed E-state index contributed by atoms with van der Waals surface area (Å²) in [5.41, 5.74) is 7.03. The molecule has 0 bridgehead atoms. The second-order valence-corrected chi connectivity index (χ2v) is 5.80. The highest BCUT2D eigenvalue weighted by Crippen LogP contribution is 2.19. The van der Waals surface area contributed by atoms with Crippen molar-refractivity contribution in [1.29, 1.82) is 0 Å². The van der Waals surface area contributed by atoms with E-state index in [9.17, 15) is 4.79 Å². The lowest BCUT2D eigenvalue weighted by Gasteiger charge is -2.30. The molecule has 1 amide bonds. The highest BCUT2D eigenvalue weighted by atomic mass is 16.2. The van der Waals surface area contributed by atoms with Crippen LogP contribution in [-0.4, -0.2) is 47.9 Å². The van der Waals surface area contributed by atoms with Gasteiger partial charge in [-0.3, -0.25) is 4.79 Å². The summed E-state index contributed by atoms with van der Waals surface area (Å²) in [6, 6.07) is 10.3. The van der Waals surface area contributed by atoms with Gasteiger partial charge in [0.15, 0.2) is 0 Å². The highest BCUT2D eigenvalue weighted by molar-refractivity contribution is 5.81. The lowest BCUT2D eigenvalue weighted by Crippen LogP contribution is -2.47. The number of benzene rings is 1. The Balaban J connectivity index is 1.90. The normalized spacial score (nSPS) is 20.4. The maximum absolute atomic E-state index is 12.1. The monoisotopic (exact) mass is 275 g/mol. The number of amides is 1. The Kier molecular flexibility index (Phi) is 5.15. The molecule has 1 heterocycles. The van der Waals surface area contributed by atoms with Crippen molar-refractivity contribution < 1.29 is 4.79 Å². The molecular formula is C16H25N3O. The van der Waals surface area contributed by atoms with Gasteiger partial charge in [-0.1, -0.05) is 30.3 Å². The number of rotatable bonds is 5. The lowest BCUT2D eigenvalue weighted by molar-refractivity contribution is -0.133. The lowest BCUT2D eigenvalue weighted by atomic mass is 10.1. The van der Waals surface area contributed by atoms with E-state index >= 15 is 0 Å². The van der Waals surface area contributed by atoms with Gasteiger partial charge >= 0.3 is 0 Å². The van der Waals surface area contributed by atoms with E-state index in [-0.39, 0.29) is 5.91 Å². The van der Waals surface area contributed by atoms with E-state index in [0.29, 0.717) is 6.04 Å². The number of likely N-dealkylation sites (tertiary alicyclic amines) is 1. The van der Waals surface area contributed by atoms with Crippen LogP contribution in [0.5, 0.6) is 0 Å². The van der Waals surface area contributed by atoms with Crippen molar-refractivity contribution in [1.82, 2.24) is 9.80 Å². The summed E-state index contributed by atoms with van der Waals surface area (Å²) in [6.45, 7) is 4.44. The average molecular weight is 275 g/mol. The predicted octanol–water partition coefficient (Wildman–Crippen LogP) is 1.46. The van der Waals surface area contributed by atoms with E-state index in [2.05, 4.69) is 36.2 Å². The molecule has 1 saturated heterocycles. The number of likely N-dealkylation sites (N-methyl/N-ethyl adjacent to an activating group) is 1. The summed E-state index contributed by atoms with van der Waals surface area (Å²) in [5, 5.41) is 0. The van der Waals surface area contributed by atoms with Crippen molar-refractivity contribution in [2.75, 3.05) is 20.1 Å². The molecular weight excluding hydrogens is 250 g/mol. The van der Waals surface area contributed by atoms with Crippen molar-refractivity contribution in [3.05, 3.63) is 35.9 Å². The van der Waals surface area contributed by atoms with Crippen LogP contribution < -0.4 is 5.73 Å². The Morgan fingerprint density at radius 3 is 2.80 bits per heavy atom. The van der Waals surface area contributed by atoms with Gasteiger partial charge in [-0.25, -0.2) is 0 Å². The Morgan fingerprint density at radius 1 is 1.45 bits per heavy atom. The first-order valence-electron chi connectivity index (χ1n) is 7.36. The fraction of sp³-hybridized carbons (Fsp3) is 0.562. The maximum atomic E-state index is 12.1. The largest absolute Gasteiger partial charge is 0.337 e. The standard InChI is InChI=1S/C16H25N3O/c1-13(17)16(20)19-10-6-9-15(19)12-18(2)11-14-7-4-3-5-8-14/h3-5,7-8,13,15H,6,9-12,17H2,1-2H3/t13-,15+/m0/s1. The van der Waals surface area contributed by atoms with Gasteiger partial charge < -0.3 is 15.5 Å². The van der Waals surface area contributed by atoms with E-state index < -0.39 is 6.04 Å². The van der Waals surface area contributed by atoms with Crippen LogP contribution in [0.25, 0.3) is 0 Å². The minimum Gasteiger partial charge on any atom is -0.337 e. The van der Waals surface area contributed by atoms with Crippen LogP contribution in [0.15, 0.2) is 30.3 Å². The van der Waals surface area contributed by atoms with Gasteiger partial charge in [-0.2, -0.15) is 0 Å². The zero-order chi connectivity index (χ0) is 14.5. The second kappa shape index (κ2) is 6.86.